The van der Waals surface area contributed by atoms with Gasteiger partial charge in [0.1, 0.15) is 23.9 Å². The molecule has 0 spiro atoms. The number of halogens is 2. The van der Waals surface area contributed by atoms with E-state index in [0.29, 0.717) is 16.0 Å². The number of benzene rings is 1. The van der Waals surface area contributed by atoms with Crippen LogP contribution in [0.2, 0.25) is 0 Å². The molecule has 0 radical (unpaired) electrons. The van der Waals surface area contributed by atoms with Crippen molar-refractivity contribution in [2.45, 2.75) is 13.0 Å². The van der Waals surface area contributed by atoms with Gasteiger partial charge in [-0.1, -0.05) is 5.16 Å². The Morgan fingerprint density at radius 1 is 1.50 bits per heavy atom. The first-order valence-corrected chi connectivity index (χ1v) is 6.70. The predicted molar refractivity (Wildman–Crippen MR) is 71.0 cm³/mol. The minimum atomic E-state index is -0.400. The van der Waals surface area contributed by atoms with Crippen molar-refractivity contribution >= 4 is 21.8 Å². The first kappa shape index (κ1) is 13.1. The van der Waals surface area contributed by atoms with Gasteiger partial charge in [-0.2, -0.15) is 0 Å². The lowest BCUT2D eigenvalue weighted by Crippen LogP contribution is -2.29. The molecule has 2 aromatic rings. The van der Waals surface area contributed by atoms with Crippen LogP contribution in [-0.4, -0.2) is 17.7 Å². The Hall–Kier alpha value is -1.89. The fourth-order valence-electron chi connectivity index (χ4n) is 2.03. The Bertz CT molecular complexity index is 686. The molecule has 1 N–H and O–H groups in total. The number of rotatable bonds is 2. The van der Waals surface area contributed by atoms with Gasteiger partial charge in [0.15, 0.2) is 5.69 Å². The van der Waals surface area contributed by atoms with Crippen LogP contribution < -0.4 is 10.1 Å². The average Bonchev–Trinajstić information content (AvgIpc) is 2.98. The number of nitrogens with one attached hydrogen (secondary N) is 1. The molecule has 20 heavy (non-hydrogen) atoms. The van der Waals surface area contributed by atoms with Gasteiger partial charge >= 0.3 is 0 Å². The van der Waals surface area contributed by atoms with E-state index in [1.54, 1.807) is 19.1 Å². The third-order valence-electron chi connectivity index (χ3n) is 3.00. The van der Waals surface area contributed by atoms with E-state index in [-0.39, 0.29) is 24.2 Å². The summed E-state index contributed by atoms with van der Waals surface area (Å²) in [5.41, 5.74) is 0.934. The number of hydrogen-bond donors (Lipinski definition) is 1. The van der Waals surface area contributed by atoms with Gasteiger partial charge < -0.3 is 14.6 Å². The molecular formula is C13H10BrFN2O3. The normalized spacial score (nSPS) is 16.6. The number of fused-ring (bicyclic) bond motifs is 1. The molecule has 1 atom stereocenters. The first-order valence-electron chi connectivity index (χ1n) is 5.90. The minimum absolute atomic E-state index is 0.206. The number of aromatic nitrogens is 1. The fraction of sp³-hybridized carbons (Fsp3) is 0.231. The van der Waals surface area contributed by atoms with Gasteiger partial charge in [-0.3, -0.25) is 4.79 Å². The number of amides is 1. The van der Waals surface area contributed by atoms with Gasteiger partial charge in [0.2, 0.25) is 0 Å². The van der Waals surface area contributed by atoms with Gasteiger partial charge in [0, 0.05) is 17.7 Å². The zero-order valence-corrected chi connectivity index (χ0v) is 12.0. The summed E-state index contributed by atoms with van der Waals surface area (Å²) >= 11 is 3.12. The highest BCUT2D eigenvalue weighted by Crippen LogP contribution is 2.36. The van der Waals surface area contributed by atoms with Gasteiger partial charge in [0.25, 0.3) is 5.91 Å². The molecule has 0 fully saturated rings. The Kier molecular flexibility index (Phi) is 3.21. The second kappa shape index (κ2) is 4.90. The van der Waals surface area contributed by atoms with Crippen LogP contribution in [0.5, 0.6) is 5.75 Å². The van der Waals surface area contributed by atoms with E-state index >= 15 is 0 Å². The van der Waals surface area contributed by atoms with Gasteiger partial charge in [-0.05, 0) is 28.9 Å². The van der Waals surface area contributed by atoms with E-state index in [0.717, 1.165) is 5.56 Å². The van der Waals surface area contributed by atoms with Crippen LogP contribution >= 0.6 is 15.9 Å². The van der Waals surface area contributed by atoms with E-state index in [4.69, 9.17) is 9.26 Å². The zero-order chi connectivity index (χ0) is 14.3. The molecule has 0 aliphatic carbocycles. The van der Waals surface area contributed by atoms with E-state index in [1.165, 1.54) is 6.07 Å². The monoisotopic (exact) mass is 340 g/mol. The molecule has 1 aliphatic heterocycles. The smallest absolute Gasteiger partial charge is 0.274 e. The molecule has 2 heterocycles. The number of hydrogen-bond acceptors (Lipinski definition) is 4. The highest BCUT2D eigenvalue weighted by molar-refractivity contribution is 9.10. The standard InChI is InChI=1S/C13H10BrFN2O3/c1-6-2-10(17-20-6)13(18)16-11-5-19-12-4-9(15)8(14)3-7(11)12/h2-4,11H,5H2,1H3,(H,16,18)/t11-/m0/s1. The summed E-state index contributed by atoms with van der Waals surface area (Å²) in [6.45, 7) is 1.96. The van der Waals surface area contributed by atoms with Crippen LogP contribution in [0, 0.1) is 12.7 Å². The molecule has 0 saturated carbocycles. The van der Waals surface area contributed by atoms with E-state index in [1.807, 2.05) is 0 Å². The molecule has 3 rings (SSSR count). The molecule has 0 saturated heterocycles. The van der Waals surface area contributed by atoms with Crippen LogP contribution in [0.25, 0.3) is 0 Å². The highest BCUT2D eigenvalue weighted by atomic mass is 79.9. The van der Waals surface area contributed by atoms with Gasteiger partial charge in [-0.15, -0.1) is 0 Å². The third-order valence-corrected chi connectivity index (χ3v) is 3.61. The average molecular weight is 341 g/mol. The highest BCUT2D eigenvalue weighted by Gasteiger charge is 2.28. The Labute approximate surface area is 122 Å². The molecule has 5 nitrogen and oxygen atoms in total. The number of carbonyl (C=O) groups is 1. The number of carbonyl (C=O) groups excluding carboxylic acids is 1. The molecule has 1 aromatic carbocycles. The lowest BCUT2D eigenvalue weighted by atomic mass is 10.1. The second-order valence-electron chi connectivity index (χ2n) is 4.46. The lowest BCUT2D eigenvalue weighted by Gasteiger charge is -2.10. The van der Waals surface area contributed by atoms with Crippen molar-refractivity contribution in [1.29, 1.82) is 0 Å². The third kappa shape index (κ3) is 2.29. The molecule has 1 aromatic heterocycles. The molecular weight excluding hydrogens is 331 g/mol. The molecule has 1 amide bonds. The number of aryl methyl sites for hydroxylation is 1. The predicted octanol–water partition coefficient (Wildman–Crippen LogP) is 2.75. The van der Waals surface area contributed by atoms with Crippen LogP contribution in [0.4, 0.5) is 4.39 Å². The summed E-state index contributed by atoms with van der Waals surface area (Å²) in [6.07, 6.45) is 0. The molecule has 7 heteroatoms. The van der Waals surface area contributed by atoms with Crippen LogP contribution in [-0.2, 0) is 0 Å². The SMILES string of the molecule is Cc1cc(C(=O)N[C@H]2COc3cc(F)c(Br)cc32)no1. The maximum atomic E-state index is 13.4. The molecule has 1 aliphatic rings. The summed E-state index contributed by atoms with van der Waals surface area (Å²) in [6, 6.07) is 4.11. The molecule has 0 bridgehead atoms. The van der Waals surface area contributed by atoms with Crippen molar-refractivity contribution in [1.82, 2.24) is 10.5 Å². The lowest BCUT2D eigenvalue weighted by molar-refractivity contribution is 0.0921. The van der Waals surface area contributed by atoms with Crippen molar-refractivity contribution in [3.05, 3.63) is 45.5 Å². The summed E-state index contributed by atoms with van der Waals surface area (Å²) in [5.74, 6) is 0.238. The Balaban J connectivity index is 1.81. The number of nitrogens with zero attached hydrogens (tertiary/aromatic N) is 1. The van der Waals surface area contributed by atoms with Crippen molar-refractivity contribution in [2.75, 3.05) is 6.61 Å². The van der Waals surface area contributed by atoms with Crippen molar-refractivity contribution in [3.8, 4) is 5.75 Å². The van der Waals surface area contributed by atoms with Crippen LogP contribution in [0.3, 0.4) is 0 Å². The van der Waals surface area contributed by atoms with Crippen molar-refractivity contribution < 1.29 is 18.4 Å². The topological polar surface area (TPSA) is 64.4 Å². The Morgan fingerprint density at radius 2 is 2.30 bits per heavy atom. The zero-order valence-electron chi connectivity index (χ0n) is 10.4. The summed E-state index contributed by atoms with van der Waals surface area (Å²) in [7, 11) is 0. The minimum Gasteiger partial charge on any atom is -0.491 e. The summed E-state index contributed by atoms with van der Waals surface area (Å²) in [4.78, 5) is 12.0. The largest absolute Gasteiger partial charge is 0.491 e. The van der Waals surface area contributed by atoms with E-state index in [9.17, 15) is 9.18 Å². The molecule has 0 unspecified atom stereocenters. The van der Waals surface area contributed by atoms with Crippen molar-refractivity contribution in [3.63, 3.8) is 0 Å². The van der Waals surface area contributed by atoms with E-state index in [2.05, 4.69) is 26.4 Å². The summed E-state index contributed by atoms with van der Waals surface area (Å²) < 4.78 is 24.0. The van der Waals surface area contributed by atoms with Crippen LogP contribution in [0.15, 0.2) is 27.2 Å². The van der Waals surface area contributed by atoms with Gasteiger partial charge in [0.05, 0.1) is 10.5 Å². The second-order valence-corrected chi connectivity index (χ2v) is 5.32. The maximum absolute atomic E-state index is 13.4. The van der Waals surface area contributed by atoms with E-state index < -0.39 is 5.82 Å². The number of ether oxygens (including phenoxy) is 1. The maximum Gasteiger partial charge on any atom is 0.274 e. The van der Waals surface area contributed by atoms with Gasteiger partial charge in [-0.25, -0.2) is 4.39 Å². The first-order chi connectivity index (χ1) is 9.54. The fourth-order valence-corrected chi connectivity index (χ4v) is 2.39. The van der Waals surface area contributed by atoms with Crippen LogP contribution in [0.1, 0.15) is 27.9 Å². The van der Waals surface area contributed by atoms with Crippen molar-refractivity contribution in [2.24, 2.45) is 0 Å². The molecule has 104 valence electrons. The quantitative estimate of drug-likeness (QED) is 0.912. The Morgan fingerprint density at radius 3 is 3.00 bits per heavy atom. The summed E-state index contributed by atoms with van der Waals surface area (Å²) in [5, 5.41) is 6.43.